The van der Waals surface area contributed by atoms with E-state index in [-0.39, 0.29) is 18.3 Å². The molecule has 2 rings (SSSR count). The van der Waals surface area contributed by atoms with Crippen LogP contribution in [0.5, 0.6) is 0 Å². The monoisotopic (exact) mass is 357 g/mol. The van der Waals surface area contributed by atoms with Crippen LogP contribution in [0.2, 0.25) is 0 Å². The average Bonchev–Trinajstić information content (AvgIpc) is 2.84. The van der Waals surface area contributed by atoms with E-state index in [1.807, 2.05) is 22.7 Å². The first-order valence-corrected chi connectivity index (χ1v) is 8.78. The highest BCUT2D eigenvalue weighted by Crippen LogP contribution is 2.15. The third kappa shape index (κ3) is 5.46. The average molecular weight is 358 g/mol. The second-order valence-electron chi connectivity index (χ2n) is 6.79. The van der Waals surface area contributed by atoms with E-state index in [4.69, 9.17) is 5.73 Å². The fourth-order valence-corrected chi connectivity index (χ4v) is 3.24. The number of halogens is 1. The molecule has 6 nitrogen and oxygen atoms in total. The number of aromatic nitrogens is 2. The van der Waals surface area contributed by atoms with Gasteiger partial charge < -0.3 is 10.6 Å². The minimum absolute atomic E-state index is 0. The van der Waals surface area contributed by atoms with E-state index < -0.39 is 5.54 Å². The molecule has 138 valence electrons. The number of aryl methyl sites for hydroxylation is 1. The van der Waals surface area contributed by atoms with Gasteiger partial charge in [0.25, 0.3) is 0 Å². The number of carbonyl (C=O) groups excluding carboxylic acids is 1. The predicted octanol–water partition coefficient (Wildman–Crippen LogP) is 1.88. The van der Waals surface area contributed by atoms with Crippen LogP contribution < -0.4 is 5.73 Å². The molecule has 1 aromatic rings. The van der Waals surface area contributed by atoms with Crippen molar-refractivity contribution in [2.24, 2.45) is 5.73 Å². The van der Waals surface area contributed by atoms with Gasteiger partial charge in [-0.1, -0.05) is 13.3 Å². The van der Waals surface area contributed by atoms with Gasteiger partial charge in [0.1, 0.15) is 0 Å². The van der Waals surface area contributed by atoms with Crippen molar-refractivity contribution in [2.75, 3.05) is 26.2 Å². The summed E-state index contributed by atoms with van der Waals surface area (Å²) in [4.78, 5) is 17.0. The zero-order valence-corrected chi connectivity index (χ0v) is 16.0. The maximum absolute atomic E-state index is 12.6. The van der Waals surface area contributed by atoms with E-state index in [0.29, 0.717) is 0 Å². The number of nitrogens with zero attached hydrogens (tertiary/aromatic N) is 4. The standard InChI is InChI=1S/C17H31N5O.ClH/c1-4-7-17(3,18)16(23)21-9-6-8-20(10-11-21)13-15-12-19-22(5-2)14-15;/h12,14H,4-11,13,18H2,1-3H3;1H. The molecule has 1 amide bonds. The summed E-state index contributed by atoms with van der Waals surface area (Å²) in [5.41, 5.74) is 6.72. The van der Waals surface area contributed by atoms with Gasteiger partial charge in [0.05, 0.1) is 11.7 Å². The minimum atomic E-state index is -0.730. The van der Waals surface area contributed by atoms with Crippen LogP contribution in [-0.4, -0.2) is 57.2 Å². The van der Waals surface area contributed by atoms with Gasteiger partial charge in [-0.25, -0.2) is 0 Å². The fraction of sp³-hybridized carbons (Fsp3) is 0.765. The quantitative estimate of drug-likeness (QED) is 0.844. The highest BCUT2D eigenvalue weighted by molar-refractivity contribution is 5.86. The summed E-state index contributed by atoms with van der Waals surface area (Å²) < 4.78 is 1.95. The number of hydrogen-bond donors (Lipinski definition) is 1. The van der Waals surface area contributed by atoms with Gasteiger partial charge in [-0.05, 0) is 26.7 Å². The Morgan fingerprint density at radius 3 is 2.67 bits per heavy atom. The van der Waals surface area contributed by atoms with Gasteiger partial charge in [-0.3, -0.25) is 14.4 Å². The second kappa shape index (κ2) is 9.39. The van der Waals surface area contributed by atoms with E-state index in [0.717, 1.165) is 58.5 Å². The molecule has 1 saturated heterocycles. The smallest absolute Gasteiger partial charge is 0.242 e. The van der Waals surface area contributed by atoms with Crippen LogP contribution in [0.25, 0.3) is 0 Å². The van der Waals surface area contributed by atoms with E-state index in [9.17, 15) is 4.79 Å². The lowest BCUT2D eigenvalue weighted by atomic mass is 9.95. The predicted molar refractivity (Wildman–Crippen MR) is 99.1 cm³/mol. The molecule has 1 fully saturated rings. The molecule has 2 N–H and O–H groups in total. The van der Waals surface area contributed by atoms with Crippen LogP contribution in [0, 0.1) is 0 Å². The molecular weight excluding hydrogens is 326 g/mol. The number of amides is 1. The van der Waals surface area contributed by atoms with Gasteiger partial charge in [-0.15, -0.1) is 12.4 Å². The molecule has 0 radical (unpaired) electrons. The van der Waals surface area contributed by atoms with Crippen LogP contribution in [0.3, 0.4) is 0 Å². The normalized spacial score (nSPS) is 18.6. The minimum Gasteiger partial charge on any atom is -0.340 e. The van der Waals surface area contributed by atoms with E-state index >= 15 is 0 Å². The number of rotatable bonds is 6. The summed E-state index contributed by atoms with van der Waals surface area (Å²) in [5, 5.41) is 4.33. The highest BCUT2D eigenvalue weighted by atomic mass is 35.5. The molecule has 0 spiro atoms. The molecule has 1 atom stereocenters. The summed E-state index contributed by atoms with van der Waals surface area (Å²) >= 11 is 0. The SMILES string of the molecule is CCCC(C)(N)C(=O)N1CCCN(Cc2cnn(CC)c2)CC1.Cl. The third-order valence-electron chi connectivity index (χ3n) is 4.55. The Kier molecular flexibility index (Phi) is 8.19. The Morgan fingerprint density at radius 1 is 1.29 bits per heavy atom. The lowest BCUT2D eigenvalue weighted by Gasteiger charge is -2.31. The highest BCUT2D eigenvalue weighted by Gasteiger charge is 2.32. The molecule has 7 heteroatoms. The van der Waals surface area contributed by atoms with Crippen molar-refractivity contribution in [1.29, 1.82) is 0 Å². The lowest BCUT2D eigenvalue weighted by Crippen LogP contribution is -2.53. The van der Waals surface area contributed by atoms with Crippen molar-refractivity contribution >= 4 is 18.3 Å². The number of nitrogens with two attached hydrogens (primary N) is 1. The second-order valence-corrected chi connectivity index (χ2v) is 6.79. The zero-order valence-electron chi connectivity index (χ0n) is 15.2. The Bertz CT molecular complexity index is 517. The maximum Gasteiger partial charge on any atom is 0.242 e. The van der Waals surface area contributed by atoms with Gasteiger partial charge >= 0.3 is 0 Å². The fourth-order valence-electron chi connectivity index (χ4n) is 3.24. The first-order valence-electron chi connectivity index (χ1n) is 8.78. The van der Waals surface area contributed by atoms with Crippen LogP contribution in [0.1, 0.15) is 45.6 Å². The Morgan fingerprint density at radius 2 is 2.04 bits per heavy atom. The molecule has 0 saturated carbocycles. The topological polar surface area (TPSA) is 67.4 Å². The Labute approximate surface area is 151 Å². The zero-order chi connectivity index (χ0) is 16.9. The molecule has 1 aliphatic heterocycles. The maximum atomic E-state index is 12.6. The molecular formula is C17H32ClN5O. The van der Waals surface area contributed by atoms with Crippen LogP contribution in [0.4, 0.5) is 0 Å². The first-order chi connectivity index (χ1) is 11.0. The Hall–Kier alpha value is -1.11. The Balaban J connectivity index is 0.00000288. The lowest BCUT2D eigenvalue weighted by molar-refractivity contribution is -0.136. The van der Waals surface area contributed by atoms with Crippen LogP contribution in [0.15, 0.2) is 12.4 Å². The van der Waals surface area contributed by atoms with Crippen LogP contribution in [-0.2, 0) is 17.9 Å². The summed E-state index contributed by atoms with van der Waals surface area (Å²) in [5.74, 6) is 0.0972. The summed E-state index contributed by atoms with van der Waals surface area (Å²) in [6, 6.07) is 0. The molecule has 0 aromatic carbocycles. The van der Waals surface area contributed by atoms with Crippen molar-refractivity contribution in [3.63, 3.8) is 0 Å². The van der Waals surface area contributed by atoms with Crippen molar-refractivity contribution in [3.05, 3.63) is 18.0 Å². The van der Waals surface area contributed by atoms with E-state index in [1.54, 1.807) is 0 Å². The molecule has 24 heavy (non-hydrogen) atoms. The number of hydrogen-bond acceptors (Lipinski definition) is 4. The molecule has 2 heterocycles. The van der Waals surface area contributed by atoms with Crippen molar-refractivity contribution in [2.45, 2.75) is 58.7 Å². The van der Waals surface area contributed by atoms with Gasteiger partial charge in [0.2, 0.25) is 5.91 Å². The summed E-state index contributed by atoms with van der Waals surface area (Å²) in [6.07, 6.45) is 6.71. The summed E-state index contributed by atoms with van der Waals surface area (Å²) in [7, 11) is 0. The molecule has 0 aliphatic carbocycles. The van der Waals surface area contributed by atoms with Gasteiger partial charge in [-0.2, -0.15) is 5.10 Å². The third-order valence-corrected chi connectivity index (χ3v) is 4.55. The van der Waals surface area contributed by atoms with Gasteiger partial charge in [0, 0.05) is 51.0 Å². The van der Waals surface area contributed by atoms with Crippen molar-refractivity contribution in [1.82, 2.24) is 19.6 Å². The van der Waals surface area contributed by atoms with E-state index in [1.165, 1.54) is 5.56 Å². The molecule has 1 aromatic heterocycles. The molecule has 0 bridgehead atoms. The van der Waals surface area contributed by atoms with Crippen LogP contribution >= 0.6 is 12.4 Å². The van der Waals surface area contributed by atoms with Crippen molar-refractivity contribution in [3.8, 4) is 0 Å². The largest absolute Gasteiger partial charge is 0.340 e. The first kappa shape index (κ1) is 20.9. The van der Waals surface area contributed by atoms with E-state index in [2.05, 4.69) is 30.0 Å². The molecule has 1 aliphatic rings. The van der Waals surface area contributed by atoms with Gasteiger partial charge in [0.15, 0.2) is 0 Å². The summed E-state index contributed by atoms with van der Waals surface area (Å²) in [6.45, 7) is 11.3. The molecule has 1 unspecified atom stereocenters. The van der Waals surface area contributed by atoms with Crippen molar-refractivity contribution < 1.29 is 4.79 Å². The number of carbonyl (C=O) groups is 1.